The van der Waals surface area contributed by atoms with Gasteiger partial charge in [0, 0.05) is 31.9 Å². The van der Waals surface area contributed by atoms with E-state index in [9.17, 15) is 17.6 Å². The lowest BCUT2D eigenvalue weighted by Crippen LogP contribution is -2.51. The maximum Gasteiger partial charge on any atom is 0.451 e. The van der Waals surface area contributed by atoms with Gasteiger partial charge in [-0.1, -0.05) is 11.6 Å². The fourth-order valence-corrected chi connectivity index (χ4v) is 2.79. The standard InChI is InChI=1S/C14H11ClF4N6/c15-11-9(16)10-8(5-22-11)12(24-13(23-10)14(17,18)19)25-4-3-21-7(6-25)1-2-20/h5,7,21H,1,3-4,6H2. The number of fused-ring (bicyclic) bond motifs is 1. The predicted octanol–water partition coefficient (Wildman–Crippen LogP) is 2.53. The Balaban J connectivity index is 2.16. The van der Waals surface area contributed by atoms with E-state index in [-0.39, 0.29) is 30.2 Å². The number of aromatic nitrogens is 3. The summed E-state index contributed by atoms with van der Waals surface area (Å²) in [5.41, 5.74) is -0.535. The third-order valence-corrected chi connectivity index (χ3v) is 4.03. The maximum atomic E-state index is 14.2. The van der Waals surface area contributed by atoms with Crippen molar-refractivity contribution < 1.29 is 17.6 Å². The van der Waals surface area contributed by atoms with E-state index >= 15 is 0 Å². The number of halogens is 5. The second-order valence-corrected chi connectivity index (χ2v) is 5.81. The highest BCUT2D eigenvalue weighted by Gasteiger charge is 2.37. The highest BCUT2D eigenvalue weighted by atomic mass is 35.5. The van der Waals surface area contributed by atoms with Crippen molar-refractivity contribution in [2.24, 2.45) is 0 Å². The van der Waals surface area contributed by atoms with E-state index in [4.69, 9.17) is 16.9 Å². The van der Waals surface area contributed by atoms with Crippen LogP contribution in [0.2, 0.25) is 5.15 Å². The molecule has 1 N–H and O–H groups in total. The lowest BCUT2D eigenvalue weighted by Gasteiger charge is -2.34. The molecule has 1 atom stereocenters. The molecular formula is C14H11ClF4N6. The van der Waals surface area contributed by atoms with Crippen LogP contribution in [0.3, 0.4) is 0 Å². The molecule has 1 aliphatic rings. The fourth-order valence-electron chi connectivity index (χ4n) is 2.65. The summed E-state index contributed by atoms with van der Waals surface area (Å²) >= 11 is 5.57. The fraction of sp³-hybridized carbons (Fsp3) is 0.429. The van der Waals surface area contributed by atoms with Crippen LogP contribution in [0.15, 0.2) is 6.20 Å². The molecule has 132 valence electrons. The van der Waals surface area contributed by atoms with Gasteiger partial charge in [0.1, 0.15) is 11.3 Å². The van der Waals surface area contributed by atoms with Gasteiger partial charge in [0.15, 0.2) is 11.0 Å². The van der Waals surface area contributed by atoms with Gasteiger partial charge < -0.3 is 10.2 Å². The third kappa shape index (κ3) is 3.43. The zero-order valence-electron chi connectivity index (χ0n) is 12.6. The van der Waals surface area contributed by atoms with Gasteiger partial charge in [0.2, 0.25) is 5.82 Å². The Hall–Kier alpha value is -2.25. The Labute approximate surface area is 144 Å². The lowest BCUT2D eigenvalue weighted by atomic mass is 10.1. The number of nitrogens with zero attached hydrogens (tertiary/aromatic N) is 5. The zero-order valence-corrected chi connectivity index (χ0v) is 13.4. The largest absolute Gasteiger partial charge is 0.451 e. The van der Waals surface area contributed by atoms with E-state index in [1.807, 2.05) is 6.07 Å². The number of hydrogen-bond acceptors (Lipinski definition) is 6. The molecule has 0 amide bonds. The topological polar surface area (TPSA) is 77.7 Å². The molecule has 0 aromatic carbocycles. The van der Waals surface area contributed by atoms with E-state index in [1.54, 1.807) is 4.90 Å². The molecule has 6 nitrogen and oxygen atoms in total. The Kier molecular flexibility index (Phi) is 4.62. The first kappa shape index (κ1) is 17.6. The molecule has 1 aliphatic heterocycles. The van der Waals surface area contributed by atoms with E-state index in [0.29, 0.717) is 13.1 Å². The number of piperazine rings is 1. The second-order valence-electron chi connectivity index (χ2n) is 5.45. The van der Waals surface area contributed by atoms with E-state index in [1.165, 1.54) is 0 Å². The molecule has 0 radical (unpaired) electrons. The van der Waals surface area contributed by atoms with Crippen molar-refractivity contribution in [3.8, 4) is 6.07 Å². The SMILES string of the molecule is N#CCC1CN(c2nc(C(F)(F)F)nc3c(F)c(Cl)ncc23)CCN1. The maximum absolute atomic E-state index is 14.2. The van der Waals surface area contributed by atoms with Gasteiger partial charge in [-0.15, -0.1) is 0 Å². The lowest BCUT2D eigenvalue weighted by molar-refractivity contribution is -0.144. The first-order chi connectivity index (χ1) is 11.8. The third-order valence-electron chi connectivity index (χ3n) is 3.77. The number of nitriles is 1. The summed E-state index contributed by atoms with van der Waals surface area (Å²) in [6, 6.07) is 1.77. The first-order valence-electron chi connectivity index (χ1n) is 7.25. The quantitative estimate of drug-likeness (QED) is 0.643. The van der Waals surface area contributed by atoms with Crippen LogP contribution in [0, 0.1) is 17.1 Å². The molecule has 3 heterocycles. The molecule has 0 saturated carbocycles. The van der Waals surface area contributed by atoms with E-state index in [0.717, 1.165) is 6.20 Å². The minimum Gasteiger partial charge on any atom is -0.353 e. The Morgan fingerprint density at radius 2 is 2.16 bits per heavy atom. The monoisotopic (exact) mass is 374 g/mol. The van der Waals surface area contributed by atoms with Crippen molar-refractivity contribution in [1.29, 1.82) is 5.26 Å². The minimum absolute atomic E-state index is 0.0347. The van der Waals surface area contributed by atoms with Crippen LogP contribution < -0.4 is 10.2 Å². The van der Waals surface area contributed by atoms with Gasteiger partial charge in [-0.3, -0.25) is 0 Å². The summed E-state index contributed by atoms with van der Waals surface area (Å²) in [6.07, 6.45) is -3.51. The molecule has 1 fully saturated rings. The number of anilines is 1. The van der Waals surface area contributed by atoms with Crippen molar-refractivity contribution in [2.75, 3.05) is 24.5 Å². The molecule has 3 rings (SSSR count). The Morgan fingerprint density at radius 1 is 1.40 bits per heavy atom. The molecular weight excluding hydrogens is 364 g/mol. The van der Waals surface area contributed by atoms with Crippen molar-refractivity contribution in [3.63, 3.8) is 0 Å². The first-order valence-corrected chi connectivity index (χ1v) is 7.63. The van der Waals surface area contributed by atoms with E-state index < -0.39 is 28.5 Å². The van der Waals surface area contributed by atoms with Crippen molar-refractivity contribution in [2.45, 2.75) is 18.6 Å². The van der Waals surface area contributed by atoms with Crippen LogP contribution in [-0.2, 0) is 6.18 Å². The summed E-state index contributed by atoms with van der Waals surface area (Å²) in [5, 5.41) is 11.4. The highest BCUT2D eigenvalue weighted by Crippen LogP contribution is 2.33. The van der Waals surface area contributed by atoms with Gasteiger partial charge in [0.25, 0.3) is 0 Å². The molecule has 2 aromatic rings. The zero-order chi connectivity index (χ0) is 18.2. The second kappa shape index (κ2) is 6.57. The Bertz CT molecular complexity index is 850. The summed E-state index contributed by atoms with van der Waals surface area (Å²) in [5.74, 6) is -2.66. The molecule has 2 aromatic heterocycles. The molecule has 25 heavy (non-hydrogen) atoms. The molecule has 0 bridgehead atoms. The highest BCUT2D eigenvalue weighted by molar-refractivity contribution is 6.30. The van der Waals surface area contributed by atoms with Crippen molar-refractivity contribution >= 4 is 28.3 Å². The summed E-state index contributed by atoms with van der Waals surface area (Å²) < 4.78 is 53.6. The van der Waals surface area contributed by atoms with Crippen LogP contribution in [0.25, 0.3) is 10.9 Å². The van der Waals surface area contributed by atoms with Gasteiger partial charge in [-0.2, -0.15) is 18.4 Å². The van der Waals surface area contributed by atoms with Crippen LogP contribution in [0.4, 0.5) is 23.4 Å². The smallest absolute Gasteiger partial charge is 0.353 e. The van der Waals surface area contributed by atoms with Gasteiger partial charge >= 0.3 is 6.18 Å². The summed E-state index contributed by atoms with van der Waals surface area (Å²) in [4.78, 5) is 12.1. The number of alkyl halides is 3. The predicted molar refractivity (Wildman–Crippen MR) is 81.5 cm³/mol. The number of pyridine rings is 1. The Morgan fingerprint density at radius 3 is 2.84 bits per heavy atom. The number of hydrogen-bond donors (Lipinski definition) is 1. The summed E-state index contributed by atoms with van der Waals surface area (Å²) in [7, 11) is 0. The van der Waals surface area contributed by atoms with Crippen molar-refractivity contribution in [3.05, 3.63) is 23.0 Å². The van der Waals surface area contributed by atoms with Crippen LogP contribution in [-0.4, -0.2) is 40.6 Å². The van der Waals surface area contributed by atoms with Gasteiger partial charge in [0.05, 0.1) is 17.9 Å². The van der Waals surface area contributed by atoms with Crippen LogP contribution in [0.1, 0.15) is 12.2 Å². The normalized spacial score (nSPS) is 18.4. The molecule has 1 unspecified atom stereocenters. The number of nitrogens with one attached hydrogen (secondary N) is 1. The van der Waals surface area contributed by atoms with Crippen molar-refractivity contribution in [1.82, 2.24) is 20.3 Å². The van der Waals surface area contributed by atoms with E-state index in [2.05, 4.69) is 20.3 Å². The minimum atomic E-state index is -4.84. The van der Waals surface area contributed by atoms with Crippen LogP contribution in [0.5, 0.6) is 0 Å². The van der Waals surface area contributed by atoms with Gasteiger partial charge in [-0.25, -0.2) is 19.3 Å². The molecule has 1 saturated heterocycles. The van der Waals surface area contributed by atoms with Gasteiger partial charge in [-0.05, 0) is 0 Å². The number of rotatable bonds is 2. The molecule has 0 aliphatic carbocycles. The average Bonchev–Trinajstić information content (AvgIpc) is 2.57. The summed E-state index contributed by atoms with van der Waals surface area (Å²) in [6.45, 7) is 1.04. The van der Waals surface area contributed by atoms with Crippen LogP contribution >= 0.6 is 11.6 Å². The molecule has 11 heteroatoms. The molecule has 0 spiro atoms. The average molecular weight is 375 g/mol.